The Morgan fingerprint density at radius 3 is 2.76 bits per heavy atom. The summed E-state index contributed by atoms with van der Waals surface area (Å²) < 4.78 is 41.3. The van der Waals surface area contributed by atoms with Gasteiger partial charge in [-0.2, -0.15) is 13.2 Å². The summed E-state index contributed by atoms with van der Waals surface area (Å²) in [5, 5.41) is 9.49. The van der Waals surface area contributed by atoms with Gasteiger partial charge in [0.05, 0.1) is 18.2 Å². The standard InChI is InChI=1S/C15H15F3N2O/c16-15(17,18)13-7-2-1-6-12(13)14-19-8-10-4-3-5-11(9-21)20(10)14/h1-2,6-8,11,21H,3-5,9H2. The fraction of sp³-hybridized carbons (Fsp3) is 0.400. The molecule has 0 saturated carbocycles. The highest BCUT2D eigenvalue weighted by Gasteiger charge is 2.35. The van der Waals surface area contributed by atoms with Crippen molar-refractivity contribution in [2.75, 3.05) is 6.61 Å². The maximum atomic E-state index is 13.2. The maximum absolute atomic E-state index is 13.2. The molecule has 0 fully saturated rings. The van der Waals surface area contributed by atoms with E-state index in [9.17, 15) is 18.3 Å². The molecular formula is C15H15F3N2O. The van der Waals surface area contributed by atoms with Gasteiger partial charge in [-0.15, -0.1) is 0 Å². The van der Waals surface area contributed by atoms with E-state index < -0.39 is 11.7 Å². The lowest BCUT2D eigenvalue weighted by atomic mass is 10.0. The van der Waals surface area contributed by atoms with E-state index >= 15 is 0 Å². The van der Waals surface area contributed by atoms with Crippen molar-refractivity contribution in [2.24, 2.45) is 0 Å². The van der Waals surface area contributed by atoms with Gasteiger partial charge >= 0.3 is 6.18 Å². The van der Waals surface area contributed by atoms with Crippen LogP contribution in [-0.4, -0.2) is 21.3 Å². The van der Waals surface area contributed by atoms with Gasteiger partial charge in [0.2, 0.25) is 0 Å². The maximum Gasteiger partial charge on any atom is 0.417 e. The molecule has 1 aliphatic heterocycles. The second-order valence-corrected chi connectivity index (χ2v) is 5.22. The Hall–Kier alpha value is -1.82. The molecular weight excluding hydrogens is 281 g/mol. The number of halogens is 3. The van der Waals surface area contributed by atoms with Crippen LogP contribution < -0.4 is 0 Å². The van der Waals surface area contributed by atoms with Gasteiger partial charge in [0, 0.05) is 17.5 Å². The Labute approximate surface area is 120 Å². The van der Waals surface area contributed by atoms with E-state index in [0.717, 1.165) is 31.0 Å². The molecule has 1 N–H and O–H groups in total. The Bertz CT molecular complexity index is 649. The number of imidazole rings is 1. The number of hydrogen-bond acceptors (Lipinski definition) is 2. The quantitative estimate of drug-likeness (QED) is 0.922. The minimum absolute atomic E-state index is 0.0663. The summed E-state index contributed by atoms with van der Waals surface area (Å²) in [5.41, 5.74) is 0.254. The summed E-state index contributed by atoms with van der Waals surface area (Å²) in [6, 6.07) is 5.24. The number of rotatable bonds is 2. The molecule has 21 heavy (non-hydrogen) atoms. The molecule has 1 atom stereocenters. The van der Waals surface area contributed by atoms with Crippen LogP contribution in [0, 0.1) is 0 Å². The summed E-state index contributed by atoms with van der Waals surface area (Å²) in [6.07, 6.45) is -0.368. The summed E-state index contributed by atoms with van der Waals surface area (Å²) in [7, 11) is 0. The minimum atomic E-state index is -4.42. The third-order valence-corrected chi connectivity index (χ3v) is 3.89. The van der Waals surface area contributed by atoms with Crippen molar-refractivity contribution < 1.29 is 18.3 Å². The summed E-state index contributed by atoms with van der Waals surface area (Å²) in [4.78, 5) is 4.19. The highest BCUT2D eigenvalue weighted by atomic mass is 19.4. The van der Waals surface area contributed by atoms with Gasteiger partial charge < -0.3 is 9.67 Å². The monoisotopic (exact) mass is 296 g/mol. The lowest BCUT2D eigenvalue weighted by Gasteiger charge is -2.26. The fourth-order valence-corrected chi connectivity index (χ4v) is 2.93. The lowest BCUT2D eigenvalue weighted by molar-refractivity contribution is -0.137. The zero-order valence-electron chi connectivity index (χ0n) is 11.3. The van der Waals surface area contributed by atoms with E-state index in [4.69, 9.17) is 0 Å². The van der Waals surface area contributed by atoms with Crippen molar-refractivity contribution in [2.45, 2.75) is 31.5 Å². The minimum Gasteiger partial charge on any atom is -0.394 e. The van der Waals surface area contributed by atoms with Gasteiger partial charge in [-0.3, -0.25) is 0 Å². The average Bonchev–Trinajstić information content (AvgIpc) is 2.90. The van der Waals surface area contributed by atoms with Gasteiger partial charge in [-0.05, 0) is 25.3 Å². The summed E-state index contributed by atoms with van der Waals surface area (Å²) >= 11 is 0. The van der Waals surface area contributed by atoms with Crippen LogP contribution in [0.25, 0.3) is 11.4 Å². The van der Waals surface area contributed by atoms with Gasteiger partial charge in [0.25, 0.3) is 0 Å². The van der Waals surface area contributed by atoms with E-state index in [0.29, 0.717) is 0 Å². The molecule has 1 aliphatic rings. The van der Waals surface area contributed by atoms with E-state index in [1.54, 1.807) is 16.8 Å². The molecule has 0 bridgehead atoms. The zero-order valence-corrected chi connectivity index (χ0v) is 11.3. The Kier molecular flexibility index (Phi) is 3.49. The molecule has 0 radical (unpaired) electrons. The molecule has 1 aromatic carbocycles. The summed E-state index contributed by atoms with van der Waals surface area (Å²) in [5.74, 6) is 0.289. The number of alkyl halides is 3. The third-order valence-electron chi connectivity index (χ3n) is 3.89. The Morgan fingerprint density at radius 1 is 1.29 bits per heavy atom. The fourth-order valence-electron chi connectivity index (χ4n) is 2.93. The van der Waals surface area contributed by atoms with Gasteiger partial charge in [0.1, 0.15) is 5.82 Å². The average molecular weight is 296 g/mol. The highest BCUT2D eigenvalue weighted by Crippen LogP contribution is 2.38. The van der Waals surface area contributed by atoms with Crippen LogP contribution in [0.2, 0.25) is 0 Å². The van der Waals surface area contributed by atoms with Crippen molar-refractivity contribution in [1.82, 2.24) is 9.55 Å². The van der Waals surface area contributed by atoms with E-state index in [-0.39, 0.29) is 24.0 Å². The number of aromatic nitrogens is 2. The molecule has 6 heteroatoms. The van der Waals surface area contributed by atoms with Crippen LogP contribution >= 0.6 is 0 Å². The molecule has 0 saturated heterocycles. The topological polar surface area (TPSA) is 38.1 Å². The van der Waals surface area contributed by atoms with E-state index in [1.807, 2.05) is 0 Å². The third kappa shape index (κ3) is 2.44. The molecule has 0 aliphatic carbocycles. The largest absolute Gasteiger partial charge is 0.417 e. The van der Waals surface area contributed by atoms with E-state index in [1.165, 1.54) is 12.1 Å². The number of fused-ring (bicyclic) bond motifs is 1. The molecule has 0 spiro atoms. The smallest absolute Gasteiger partial charge is 0.394 e. The van der Waals surface area contributed by atoms with Crippen molar-refractivity contribution in [3.8, 4) is 11.4 Å². The molecule has 2 aromatic rings. The van der Waals surface area contributed by atoms with Gasteiger partial charge in [0.15, 0.2) is 0 Å². The van der Waals surface area contributed by atoms with Crippen LogP contribution in [0.15, 0.2) is 30.5 Å². The summed E-state index contributed by atoms with van der Waals surface area (Å²) in [6.45, 7) is -0.0927. The van der Waals surface area contributed by atoms with Gasteiger partial charge in [-0.1, -0.05) is 18.2 Å². The zero-order chi connectivity index (χ0) is 15.0. The first-order valence-electron chi connectivity index (χ1n) is 6.86. The molecule has 1 aromatic heterocycles. The second-order valence-electron chi connectivity index (χ2n) is 5.22. The van der Waals surface area contributed by atoms with Crippen molar-refractivity contribution in [1.29, 1.82) is 0 Å². The second kappa shape index (κ2) is 5.18. The number of benzene rings is 1. The first-order chi connectivity index (χ1) is 10.0. The molecule has 1 unspecified atom stereocenters. The van der Waals surface area contributed by atoms with Crippen LogP contribution in [-0.2, 0) is 12.6 Å². The van der Waals surface area contributed by atoms with E-state index in [2.05, 4.69) is 4.98 Å². The number of aliphatic hydroxyl groups excluding tert-OH is 1. The number of aliphatic hydroxyl groups is 1. The normalized spacial score (nSPS) is 18.6. The first-order valence-corrected chi connectivity index (χ1v) is 6.86. The number of hydrogen-bond donors (Lipinski definition) is 1. The lowest BCUT2D eigenvalue weighted by Crippen LogP contribution is -2.22. The van der Waals surface area contributed by atoms with Crippen molar-refractivity contribution in [3.63, 3.8) is 0 Å². The molecule has 3 rings (SSSR count). The molecule has 112 valence electrons. The van der Waals surface area contributed by atoms with Crippen LogP contribution in [0.4, 0.5) is 13.2 Å². The molecule has 0 amide bonds. The molecule has 3 nitrogen and oxygen atoms in total. The Morgan fingerprint density at radius 2 is 2.05 bits per heavy atom. The predicted molar refractivity (Wildman–Crippen MR) is 71.7 cm³/mol. The predicted octanol–water partition coefficient (Wildman–Crippen LogP) is 3.44. The van der Waals surface area contributed by atoms with Crippen LogP contribution in [0.5, 0.6) is 0 Å². The van der Waals surface area contributed by atoms with Crippen molar-refractivity contribution >= 4 is 0 Å². The van der Waals surface area contributed by atoms with Crippen LogP contribution in [0.1, 0.15) is 30.1 Å². The SMILES string of the molecule is OCC1CCCc2cnc(-c3ccccc3C(F)(F)F)n21. The Balaban J connectivity index is 2.17. The van der Waals surface area contributed by atoms with Crippen LogP contribution in [0.3, 0.4) is 0 Å². The van der Waals surface area contributed by atoms with Crippen molar-refractivity contribution in [3.05, 3.63) is 41.7 Å². The highest BCUT2D eigenvalue weighted by molar-refractivity contribution is 5.62. The van der Waals surface area contributed by atoms with Gasteiger partial charge in [-0.25, -0.2) is 4.98 Å². The first kappa shape index (κ1) is 14.1. The number of aryl methyl sites for hydroxylation is 1. The molecule has 2 heterocycles. The number of nitrogens with zero attached hydrogens (tertiary/aromatic N) is 2.